The van der Waals surface area contributed by atoms with E-state index in [9.17, 15) is 14.0 Å². The monoisotopic (exact) mass is 337 g/mol. The van der Waals surface area contributed by atoms with E-state index in [4.69, 9.17) is 4.74 Å². The number of carbonyl (C=O) groups excluding carboxylic acids is 2. The molecule has 0 bridgehead atoms. The zero-order chi connectivity index (χ0) is 18.1. The van der Waals surface area contributed by atoms with Crippen molar-refractivity contribution in [1.29, 1.82) is 0 Å². The molecule has 6 nitrogen and oxygen atoms in total. The van der Waals surface area contributed by atoms with E-state index in [0.717, 1.165) is 0 Å². The van der Waals surface area contributed by atoms with E-state index in [1.54, 1.807) is 30.0 Å². The fraction of sp³-hybridized carbons (Fsp3) is 0.529. The third-order valence-corrected chi connectivity index (χ3v) is 4.21. The summed E-state index contributed by atoms with van der Waals surface area (Å²) in [4.78, 5) is 29.7. The number of nitrogens with zero attached hydrogens (tertiary/aromatic N) is 3. The molecule has 1 aliphatic rings. The lowest BCUT2D eigenvalue weighted by atomic mass is 9.97. The second kappa shape index (κ2) is 6.67. The molecule has 0 unspecified atom stereocenters. The van der Waals surface area contributed by atoms with Crippen LogP contribution in [0.3, 0.4) is 0 Å². The molecule has 0 aromatic heterocycles. The van der Waals surface area contributed by atoms with E-state index in [1.807, 2.05) is 13.8 Å². The fourth-order valence-electron chi connectivity index (χ4n) is 2.92. The first-order valence-electron chi connectivity index (χ1n) is 7.79. The van der Waals surface area contributed by atoms with Crippen LogP contribution < -0.4 is 4.74 Å². The van der Waals surface area contributed by atoms with Crippen LogP contribution in [0, 0.1) is 5.82 Å². The minimum atomic E-state index is -0.609. The van der Waals surface area contributed by atoms with Crippen LogP contribution in [-0.4, -0.2) is 73.0 Å². The van der Waals surface area contributed by atoms with Gasteiger partial charge in [0.1, 0.15) is 11.6 Å². The van der Waals surface area contributed by atoms with Crippen molar-refractivity contribution in [2.75, 3.05) is 40.8 Å². The van der Waals surface area contributed by atoms with Gasteiger partial charge in [0.2, 0.25) is 0 Å². The Hall–Kier alpha value is -2.31. The summed E-state index contributed by atoms with van der Waals surface area (Å²) in [7, 11) is 4.83. The molecule has 0 radical (unpaired) electrons. The van der Waals surface area contributed by atoms with Crippen molar-refractivity contribution >= 4 is 11.9 Å². The van der Waals surface area contributed by atoms with Crippen LogP contribution in [0.1, 0.15) is 24.2 Å². The van der Waals surface area contributed by atoms with Crippen molar-refractivity contribution in [3.8, 4) is 5.75 Å². The highest BCUT2D eigenvalue weighted by molar-refractivity contribution is 5.95. The molecular formula is C17H24FN3O3. The van der Waals surface area contributed by atoms with Crippen molar-refractivity contribution < 1.29 is 18.7 Å². The van der Waals surface area contributed by atoms with Gasteiger partial charge in [-0.2, -0.15) is 0 Å². The summed E-state index contributed by atoms with van der Waals surface area (Å²) in [6, 6.07) is 4.11. The maximum absolute atomic E-state index is 14.2. The summed E-state index contributed by atoms with van der Waals surface area (Å²) in [5, 5.41) is 0. The van der Waals surface area contributed by atoms with Gasteiger partial charge in [-0.15, -0.1) is 0 Å². The van der Waals surface area contributed by atoms with Gasteiger partial charge in [0.25, 0.3) is 5.91 Å². The molecule has 0 aliphatic carbocycles. The molecule has 3 amide bonds. The third-order valence-electron chi connectivity index (χ3n) is 4.21. The molecule has 132 valence electrons. The summed E-state index contributed by atoms with van der Waals surface area (Å²) in [5.41, 5.74) is -0.579. The number of ether oxygens (including phenoxy) is 1. The molecule has 1 saturated heterocycles. The minimum absolute atomic E-state index is 0.0104. The SMILES string of the molecule is COc1ccc(C(=O)N2CCN(C(=O)N(C)C)CC2(C)C)c(F)c1. The van der Waals surface area contributed by atoms with E-state index >= 15 is 0 Å². The molecule has 1 aromatic carbocycles. The Morgan fingerprint density at radius 2 is 1.92 bits per heavy atom. The first-order valence-corrected chi connectivity index (χ1v) is 7.79. The highest BCUT2D eigenvalue weighted by atomic mass is 19.1. The Morgan fingerprint density at radius 1 is 1.25 bits per heavy atom. The van der Waals surface area contributed by atoms with Gasteiger partial charge < -0.3 is 19.4 Å². The molecule has 0 N–H and O–H groups in total. The molecule has 0 saturated carbocycles. The number of amides is 3. The summed E-state index contributed by atoms with van der Waals surface area (Å²) in [5.74, 6) is -0.622. The van der Waals surface area contributed by atoms with Crippen molar-refractivity contribution in [3.63, 3.8) is 0 Å². The quantitative estimate of drug-likeness (QED) is 0.830. The van der Waals surface area contributed by atoms with Crippen LogP contribution in [0.5, 0.6) is 5.75 Å². The Kier molecular flexibility index (Phi) is 5.01. The van der Waals surface area contributed by atoms with Crippen LogP contribution in [0.4, 0.5) is 9.18 Å². The molecular weight excluding hydrogens is 313 g/mol. The fourth-order valence-corrected chi connectivity index (χ4v) is 2.92. The average molecular weight is 337 g/mol. The number of carbonyl (C=O) groups is 2. The first kappa shape index (κ1) is 18.0. The second-order valence-corrected chi connectivity index (χ2v) is 6.71. The van der Waals surface area contributed by atoms with Crippen LogP contribution in [0.2, 0.25) is 0 Å². The summed E-state index contributed by atoms with van der Waals surface area (Å²) in [6.07, 6.45) is 0. The second-order valence-electron chi connectivity index (χ2n) is 6.71. The van der Waals surface area contributed by atoms with E-state index in [2.05, 4.69) is 0 Å². The molecule has 24 heavy (non-hydrogen) atoms. The Labute approximate surface area is 141 Å². The van der Waals surface area contributed by atoms with Crippen molar-refractivity contribution in [1.82, 2.24) is 14.7 Å². The lowest BCUT2D eigenvalue weighted by Gasteiger charge is -2.47. The third kappa shape index (κ3) is 3.44. The highest BCUT2D eigenvalue weighted by Crippen LogP contribution is 2.26. The minimum Gasteiger partial charge on any atom is -0.497 e. The van der Waals surface area contributed by atoms with Crippen molar-refractivity contribution in [2.24, 2.45) is 0 Å². The molecule has 7 heteroatoms. The number of rotatable bonds is 2. The Bertz CT molecular complexity index is 646. The van der Waals surface area contributed by atoms with Gasteiger partial charge in [0, 0.05) is 39.8 Å². The molecule has 1 fully saturated rings. The zero-order valence-electron chi connectivity index (χ0n) is 14.8. The number of urea groups is 1. The standard InChI is InChI=1S/C17H24FN3O3/c1-17(2)11-20(16(23)19(3)4)8-9-21(17)15(22)13-7-6-12(24-5)10-14(13)18/h6-7,10H,8-9,11H2,1-5H3. The van der Waals surface area contributed by atoms with Crippen LogP contribution in [-0.2, 0) is 0 Å². The number of piperazine rings is 1. The number of methoxy groups -OCH3 is 1. The average Bonchev–Trinajstić information content (AvgIpc) is 2.52. The topological polar surface area (TPSA) is 53.1 Å². The molecule has 1 aromatic rings. The molecule has 0 atom stereocenters. The smallest absolute Gasteiger partial charge is 0.319 e. The number of halogens is 1. The van der Waals surface area contributed by atoms with Gasteiger partial charge in [0.05, 0.1) is 18.2 Å². The lowest BCUT2D eigenvalue weighted by molar-refractivity contribution is 0.0237. The van der Waals surface area contributed by atoms with E-state index in [-0.39, 0.29) is 17.5 Å². The van der Waals surface area contributed by atoms with Gasteiger partial charge in [-0.1, -0.05) is 0 Å². The molecule has 0 spiro atoms. The summed E-state index contributed by atoms with van der Waals surface area (Å²) < 4.78 is 19.2. The number of hydrogen-bond donors (Lipinski definition) is 0. The van der Waals surface area contributed by atoms with Gasteiger partial charge in [-0.25, -0.2) is 9.18 Å². The molecule has 1 heterocycles. The zero-order valence-corrected chi connectivity index (χ0v) is 14.8. The summed E-state index contributed by atoms with van der Waals surface area (Å²) >= 11 is 0. The largest absolute Gasteiger partial charge is 0.497 e. The Balaban J connectivity index is 2.21. The van der Waals surface area contributed by atoms with Gasteiger partial charge >= 0.3 is 6.03 Å². The van der Waals surface area contributed by atoms with Crippen molar-refractivity contribution in [3.05, 3.63) is 29.6 Å². The first-order chi connectivity index (χ1) is 11.2. The number of benzene rings is 1. The van der Waals surface area contributed by atoms with E-state index < -0.39 is 11.4 Å². The Morgan fingerprint density at radius 3 is 2.42 bits per heavy atom. The predicted molar refractivity (Wildman–Crippen MR) is 88.7 cm³/mol. The normalized spacial score (nSPS) is 16.8. The molecule has 2 rings (SSSR count). The highest BCUT2D eigenvalue weighted by Gasteiger charge is 2.39. The van der Waals surface area contributed by atoms with Crippen molar-refractivity contribution in [2.45, 2.75) is 19.4 Å². The van der Waals surface area contributed by atoms with Gasteiger partial charge in [-0.05, 0) is 26.0 Å². The lowest BCUT2D eigenvalue weighted by Crippen LogP contribution is -2.63. The maximum Gasteiger partial charge on any atom is 0.319 e. The van der Waals surface area contributed by atoms with Crippen LogP contribution in [0.15, 0.2) is 18.2 Å². The predicted octanol–water partition coefficient (Wildman–Crippen LogP) is 2.05. The van der Waals surface area contributed by atoms with Gasteiger partial charge in [-0.3, -0.25) is 4.79 Å². The van der Waals surface area contributed by atoms with E-state index in [0.29, 0.717) is 25.4 Å². The maximum atomic E-state index is 14.2. The van der Waals surface area contributed by atoms with Crippen LogP contribution >= 0.6 is 0 Å². The number of hydrogen-bond acceptors (Lipinski definition) is 3. The van der Waals surface area contributed by atoms with Gasteiger partial charge in [0.15, 0.2) is 0 Å². The van der Waals surface area contributed by atoms with E-state index in [1.165, 1.54) is 24.1 Å². The van der Waals surface area contributed by atoms with Crippen LogP contribution in [0.25, 0.3) is 0 Å². The molecule has 1 aliphatic heterocycles. The summed E-state index contributed by atoms with van der Waals surface area (Å²) in [6.45, 7) is 4.93.